The molecule has 0 aromatic carbocycles. The van der Waals surface area contributed by atoms with E-state index in [2.05, 4.69) is 54.5 Å². The van der Waals surface area contributed by atoms with Crippen LogP contribution < -0.4 is 0 Å². The molecule has 0 aliphatic heterocycles. The van der Waals surface area contributed by atoms with Gasteiger partial charge in [0, 0.05) is 12.0 Å². The predicted octanol–water partition coefficient (Wildman–Crippen LogP) is 7.14. The average Bonchev–Trinajstić information content (AvgIpc) is 2.71. The fraction of sp³-hybridized carbons (Fsp3) is 0.933. The summed E-state index contributed by atoms with van der Waals surface area (Å²) in [5.74, 6) is 1.87. The van der Waals surface area contributed by atoms with E-state index in [9.17, 15) is 10.2 Å². The minimum absolute atomic E-state index is 0.0191. The summed E-state index contributed by atoms with van der Waals surface area (Å²) < 4.78 is 0. The molecule has 0 unspecified atom stereocenters. The number of aliphatic hydroxyl groups excluding tert-OH is 2. The molecule has 182 valence electrons. The topological polar surface area (TPSA) is 40.5 Å². The van der Waals surface area contributed by atoms with Gasteiger partial charge in [0.25, 0.3) is 0 Å². The van der Waals surface area contributed by atoms with Gasteiger partial charge >= 0.3 is 0 Å². The summed E-state index contributed by atoms with van der Waals surface area (Å²) in [5, 5.41) is 21.5. The zero-order chi connectivity index (χ0) is 23.4. The minimum Gasteiger partial charge on any atom is -0.396 e. The molecule has 0 aromatic heterocycles. The number of hydrogen-bond acceptors (Lipinski definition) is 2. The highest BCUT2D eigenvalue weighted by atomic mass is 16.3. The van der Waals surface area contributed by atoms with Gasteiger partial charge in [0.15, 0.2) is 0 Å². The van der Waals surface area contributed by atoms with Crippen molar-refractivity contribution in [3.8, 4) is 0 Å². The maximum Gasteiger partial charge on any atom is 0.0594 e. The van der Waals surface area contributed by atoms with Crippen molar-refractivity contribution in [1.82, 2.24) is 0 Å². The zero-order valence-corrected chi connectivity index (χ0v) is 22.1. The molecule has 0 radical (unpaired) electrons. The lowest BCUT2D eigenvalue weighted by molar-refractivity contribution is -0.204. The highest BCUT2D eigenvalue weighted by Crippen LogP contribution is 2.75. The molecule has 0 bridgehead atoms. The lowest BCUT2D eigenvalue weighted by Gasteiger charge is -2.71. The molecular formula is C30H50O2. The van der Waals surface area contributed by atoms with Gasteiger partial charge in [0.05, 0.1) is 6.10 Å². The summed E-state index contributed by atoms with van der Waals surface area (Å²) in [6.07, 6.45) is 14.6. The third-order valence-corrected chi connectivity index (χ3v) is 13.1. The van der Waals surface area contributed by atoms with Gasteiger partial charge in [-0.2, -0.15) is 0 Å². The first kappa shape index (κ1) is 23.4. The minimum atomic E-state index is -0.153. The summed E-state index contributed by atoms with van der Waals surface area (Å²) in [6.45, 7) is 17.8. The second kappa shape index (κ2) is 6.87. The number of allylic oxidation sites excluding steroid dienone is 2. The zero-order valence-electron chi connectivity index (χ0n) is 22.1. The van der Waals surface area contributed by atoms with Gasteiger partial charge in [-0.1, -0.05) is 60.1 Å². The van der Waals surface area contributed by atoms with E-state index in [1.165, 1.54) is 57.8 Å². The molecular weight excluding hydrogens is 392 g/mol. The van der Waals surface area contributed by atoms with Crippen molar-refractivity contribution in [3.63, 3.8) is 0 Å². The second-order valence-corrected chi connectivity index (χ2v) is 15.1. The van der Waals surface area contributed by atoms with Crippen LogP contribution in [0.2, 0.25) is 0 Å². The van der Waals surface area contributed by atoms with Crippen LogP contribution in [0.1, 0.15) is 113 Å². The van der Waals surface area contributed by atoms with E-state index >= 15 is 0 Å². The normalized spacial score (nSPS) is 53.8. The molecule has 0 heterocycles. The third kappa shape index (κ3) is 2.78. The lowest BCUT2D eigenvalue weighted by atomic mass is 9.33. The van der Waals surface area contributed by atoms with Crippen molar-refractivity contribution < 1.29 is 10.2 Å². The van der Waals surface area contributed by atoms with Gasteiger partial charge in [0.1, 0.15) is 0 Å². The van der Waals surface area contributed by atoms with Crippen molar-refractivity contribution in [2.24, 2.45) is 50.2 Å². The number of hydrogen-bond donors (Lipinski definition) is 2. The highest BCUT2D eigenvalue weighted by molar-refractivity contribution is 5.33. The number of fused-ring (bicyclic) bond motifs is 7. The summed E-state index contributed by atoms with van der Waals surface area (Å²) >= 11 is 0. The summed E-state index contributed by atoms with van der Waals surface area (Å²) in [6, 6.07) is 0. The molecule has 5 aliphatic rings. The Morgan fingerprint density at radius 1 is 0.844 bits per heavy atom. The van der Waals surface area contributed by atoms with Gasteiger partial charge in [-0.25, -0.2) is 0 Å². The molecule has 5 aliphatic carbocycles. The predicted molar refractivity (Wildman–Crippen MR) is 132 cm³/mol. The van der Waals surface area contributed by atoms with Gasteiger partial charge < -0.3 is 10.2 Å². The summed E-state index contributed by atoms with van der Waals surface area (Å²) in [7, 11) is 0. The molecule has 2 heteroatoms. The Balaban J connectivity index is 1.58. The van der Waals surface area contributed by atoms with E-state index in [-0.39, 0.29) is 22.3 Å². The molecule has 8 atom stereocenters. The lowest BCUT2D eigenvalue weighted by Crippen LogP contribution is -2.64. The third-order valence-electron chi connectivity index (χ3n) is 13.1. The first-order chi connectivity index (χ1) is 14.8. The van der Waals surface area contributed by atoms with Crippen molar-refractivity contribution in [1.29, 1.82) is 0 Å². The molecule has 0 spiro atoms. The number of aliphatic hydroxyl groups is 2. The molecule has 2 nitrogen and oxygen atoms in total. The van der Waals surface area contributed by atoms with Crippen LogP contribution in [0.15, 0.2) is 11.6 Å². The van der Waals surface area contributed by atoms with E-state index in [0.29, 0.717) is 40.6 Å². The Labute approximate surface area is 197 Å². The van der Waals surface area contributed by atoms with Crippen LogP contribution in [0.4, 0.5) is 0 Å². The Kier molecular flexibility index (Phi) is 5.02. The molecule has 5 rings (SSSR count). The van der Waals surface area contributed by atoms with Gasteiger partial charge in [-0.3, -0.25) is 0 Å². The average molecular weight is 443 g/mol. The van der Waals surface area contributed by atoms with Gasteiger partial charge in [-0.05, 0) is 109 Å². The van der Waals surface area contributed by atoms with Crippen molar-refractivity contribution >= 4 is 0 Å². The van der Waals surface area contributed by atoms with Crippen molar-refractivity contribution in [2.75, 3.05) is 6.61 Å². The standard InChI is InChI=1S/C30H50O2/c1-25(2)14-16-30(19-31)17-15-28(6)20(21(30)18-25)8-9-23-27(5)12-11-24(32)26(3,4)22(27)10-13-29(23,28)7/h8,21-24,31-32H,9-19H2,1-7H3/t21-,22-,23-,24-,27-,28-,29-,30+/m0/s1. The van der Waals surface area contributed by atoms with Crippen molar-refractivity contribution in [3.05, 3.63) is 11.6 Å². The second-order valence-electron chi connectivity index (χ2n) is 15.1. The van der Waals surface area contributed by atoms with E-state index in [0.717, 1.165) is 6.42 Å². The largest absolute Gasteiger partial charge is 0.396 e. The Bertz CT molecular complexity index is 810. The monoisotopic (exact) mass is 442 g/mol. The van der Waals surface area contributed by atoms with E-state index in [1.807, 2.05) is 0 Å². The quantitative estimate of drug-likeness (QED) is 0.424. The highest BCUT2D eigenvalue weighted by Gasteiger charge is 2.68. The smallest absolute Gasteiger partial charge is 0.0594 e. The van der Waals surface area contributed by atoms with Crippen LogP contribution in [0, 0.1) is 50.2 Å². The summed E-state index contributed by atoms with van der Waals surface area (Å²) in [4.78, 5) is 0. The fourth-order valence-electron chi connectivity index (χ4n) is 10.6. The van der Waals surface area contributed by atoms with Crippen LogP contribution in [-0.4, -0.2) is 22.9 Å². The molecule has 0 saturated heterocycles. The Hall–Kier alpha value is -0.340. The molecule has 0 aromatic rings. The Morgan fingerprint density at radius 3 is 2.22 bits per heavy atom. The van der Waals surface area contributed by atoms with Crippen LogP contribution in [-0.2, 0) is 0 Å². The first-order valence-electron chi connectivity index (χ1n) is 13.8. The van der Waals surface area contributed by atoms with Crippen LogP contribution in [0.3, 0.4) is 0 Å². The molecule has 4 saturated carbocycles. The molecule has 32 heavy (non-hydrogen) atoms. The Morgan fingerprint density at radius 2 is 1.53 bits per heavy atom. The SMILES string of the molecule is CC1(C)CC[C@]2(CO)CC[C@@]3(C)C(=CC[C@H]4[C@@]5(C)CC[C@H](O)C(C)(C)[C@@H]5CC[C@@]43C)[C@@H]2C1. The fourth-order valence-corrected chi connectivity index (χ4v) is 10.6. The molecule has 2 N–H and O–H groups in total. The van der Waals surface area contributed by atoms with Crippen LogP contribution >= 0.6 is 0 Å². The van der Waals surface area contributed by atoms with Crippen molar-refractivity contribution in [2.45, 2.75) is 119 Å². The summed E-state index contributed by atoms with van der Waals surface area (Å²) in [5.41, 5.74) is 3.16. The van der Waals surface area contributed by atoms with Crippen LogP contribution in [0.25, 0.3) is 0 Å². The first-order valence-corrected chi connectivity index (χ1v) is 13.8. The molecule has 4 fully saturated rings. The maximum atomic E-state index is 10.9. The van der Waals surface area contributed by atoms with Crippen LogP contribution in [0.5, 0.6) is 0 Å². The van der Waals surface area contributed by atoms with E-state index < -0.39 is 0 Å². The molecule has 0 amide bonds. The van der Waals surface area contributed by atoms with E-state index in [1.54, 1.807) is 5.57 Å². The number of rotatable bonds is 1. The maximum absolute atomic E-state index is 10.9. The van der Waals surface area contributed by atoms with E-state index in [4.69, 9.17) is 0 Å². The van der Waals surface area contributed by atoms with Gasteiger partial charge in [0.2, 0.25) is 0 Å². The van der Waals surface area contributed by atoms with Gasteiger partial charge in [-0.15, -0.1) is 0 Å².